The number of carboxylic acids is 1. The van der Waals surface area contributed by atoms with E-state index in [1.807, 2.05) is 0 Å². The van der Waals surface area contributed by atoms with Crippen LogP contribution in [0.4, 0.5) is 5.95 Å². The average molecular weight is 261 g/mol. The van der Waals surface area contributed by atoms with Crippen molar-refractivity contribution < 1.29 is 14.6 Å². The third-order valence-electron chi connectivity index (χ3n) is 1.99. The number of aromatic nitrogens is 3. The molecule has 1 rings (SSSR count). The van der Waals surface area contributed by atoms with Crippen molar-refractivity contribution in [2.75, 3.05) is 12.4 Å². The number of nitrogens with zero attached hydrogens (tertiary/aromatic N) is 3. The summed E-state index contributed by atoms with van der Waals surface area (Å²) in [5, 5.41) is 11.6. The van der Waals surface area contributed by atoms with Crippen LogP contribution in [0.5, 0.6) is 6.01 Å². The van der Waals surface area contributed by atoms with E-state index < -0.39 is 12.0 Å². The first-order chi connectivity index (χ1) is 7.93. The Morgan fingerprint density at radius 3 is 2.53 bits per heavy atom. The van der Waals surface area contributed by atoms with Crippen LogP contribution in [0, 0.1) is 5.92 Å². The Labute approximate surface area is 103 Å². The lowest BCUT2D eigenvalue weighted by Crippen LogP contribution is -2.35. The van der Waals surface area contributed by atoms with Crippen LogP contribution >= 0.6 is 11.6 Å². The van der Waals surface area contributed by atoms with Crippen LogP contribution in [0.3, 0.4) is 0 Å². The molecule has 17 heavy (non-hydrogen) atoms. The van der Waals surface area contributed by atoms with Gasteiger partial charge in [-0.3, -0.25) is 0 Å². The average Bonchev–Trinajstić information content (AvgIpc) is 2.24. The van der Waals surface area contributed by atoms with E-state index in [-0.39, 0.29) is 23.2 Å². The molecule has 0 saturated carbocycles. The van der Waals surface area contributed by atoms with E-state index in [2.05, 4.69) is 20.3 Å². The molecule has 0 aliphatic rings. The van der Waals surface area contributed by atoms with Crippen molar-refractivity contribution in [2.24, 2.45) is 5.92 Å². The monoisotopic (exact) mass is 260 g/mol. The number of ether oxygens (including phenoxy) is 1. The first kappa shape index (κ1) is 13.4. The molecule has 0 fully saturated rings. The van der Waals surface area contributed by atoms with Crippen molar-refractivity contribution in [1.82, 2.24) is 15.0 Å². The summed E-state index contributed by atoms with van der Waals surface area (Å²) >= 11 is 5.64. The quantitative estimate of drug-likeness (QED) is 0.817. The second kappa shape index (κ2) is 5.62. The minimum absolute atomic E-state index is 0.0281. The first-order valence-corrected chi connectivity index (χ1v) is 5.26. The standard InChI is InChI=1S/C9H13ClN4O3/c1-4(2)5(6(15)16)11-8-12-7(10)13-9(14-8)17-3/h4-5H,1-3H3,(H,15,16)(H,11,12,13,14). The smallest absolute Gasteiger partial charge is 0.326 e. The fourth-order valence-electron chi connectivity index (χ4n) is 1.14. The fourth-order valence-corrected chi connectivity index (χ4v) is 1.29. The van der Waals surface area contributed by atoms with Crippen molar-refractivity contribution in [3.63, 3.8) is 0 Å². The van der Waals surface area contributed by atoms with Crippen LogP contribution in [0.1, 0.15) is 13.8 Å². The highest BCUT2D eigenvalue weighted by Gasteiger charge is 2.22. The van der Waals surface area contributed by atoms with E-state index in [4.69, 9.17) is 21.4 Å². The summed E-state index contributed by atoms with van der Waals surface area (Å²) in [6, 6.07) is -0.779. The van der Waals surface area contributed by atoms with Gasteiger partial charge in [0.1, 0.15) is 6.04 Å². The normalized spacial score (nSPS) is 12.3. The molecule has 7 nitrogen and oxygen atoms in total. The van der Waals surface area contributed by atoms with Crippen molar-refractivity contribution in [3.8, 4) is 6.01 Å². The molecule has 2 N–H and O–H groups in total. The van der Waals surface area contributed by atoms with Crippen LogP contribution in [0.2, 0.25) is 5.28 Å². The van der Waals surface area contributed by atoms with Gasteiger partial charge in [0.15, 0.2) is 0 Å². The van der Waals surface area contributed by atoms with Gasteiger partial charge in [0.05, 0.1) is 7.11 Å². The van der Waals surface area contributed by atoms with E-state index in [0.717, 1.165) is 0 Å². The highest BCUT2D eigenvalue weighted by atomic mass is 35.5. The number of hydrogen-bond acceptors (Lipinski definition) is 6. The Kier molecular flexibility index (Phi) is 4.45. The number of anilines is 1. The zero-order chi connectivity index (χ0) is 13.0. The lowest BCUT2D eigenvalue weighted by molar-refractivity contribution is -0.138. The summed E-state index contributed by atoms with van der Waals surface area (Å²) in [5.74, 6) is -1.05. The maximum absolute atomic E-state index is 11.0. The summed E-state index contributed by atoms with van der Waals surface area (Å²) in [6.07, 6.45) is 0. The summed E-state index contributed by atoms with van der Waals surface area (Å²) in [7, 11) is 1.38. The van der Waals surface area contributed by atoms with Crippen molar-refractivity contribution in [2.45, 2.75) is 19.9 Å². The second-order valence-electron chi connectivity index (χ2n) is 3.62. The van der Waals surface area contributed by atoms with Gasteiger partial charge in [-0.05, 0) is 17.5 Å². The maximum atomic E-state index is 11.0. The number of hydrogen-bond donors (Lipinski definition) is 2. The molecule has 0 radical (unpaired) electrons. The number of carbonyl (C=O) groups is 1. The predicted molar refractivity (Wildman–Crippen MR) is 61.3 cm³/mol. The van der Waals surface area contributed by atoms with Crippen molar-refractivity contribution in [3.05, 3.63) is 5.28 Å². The molecule has 8 heteroatoms. The highest BCUT2D eigenvalue weighted by molar-refractivity contribution is 6.28. The Hall–Kier alpha value is -1.63. The summed E-state index contributed by atoms with van der Waals surface area (Å²) < 4.78 is 4.80. The van der Waals surface area contributed by atoms with Crippen LogP contribution in [-0.4, -0.2) is 39.2 Å². The van der Waals surface area contributed by atoms with E-state index in [1.54, 1.807) is 13.8 Å². The molecule has 1 aromatic heterocycles. The van der Waals surface area contributed by atoms with E-state index in [0.29, 0.717) is 0 Å². The number of rotatable bonds is 5. The van der Waals surface area contributed by atoms with Crippen LogP contribution < -0.4 is 10.1 Å². The first-order valence-electron chi connectivity index (χ1n) is 4.89. The molecule has 0 amide bonds. The number of nitrogens with one attached hydrogen (secondary N) is 1. The Morgan fingerprint density at radius 1 is 1.41 bits per heavy atom. The zero-order valence-electron chi connectivity index (χ0n) is 9.64. The van der Waals surface area contributed by atoms with Gasteiger partial charge < -0.3 is 15.2 Å². The topological polar surface area (TPSA) is 97.2 Å². The third-order valence-corrected chi connectivity index (χ3v) is 2.16. The molecule has 1 heterocycles. The molecule has 1 aromatic rings. The van der Waals surface area contributed by atoms with E-state index in [1.165, 1.54) is 7.11 Å². The molecule has 0 aromatic carbocycles. The lowest BCUT2D eigenvalue weighted by Gasteiger charge is -2.17. The molecule has 0 aliphatic heterocycles. The van der Waals surface area contributed by atoms with Gasteiger partial charge in [0.25, 0.3) is 0 Å². The lowest BCUT2D eigenvalue weighted by atomic mass is 10.1. The van der Waals surface area contributed by atoms with Crippen LogP contribution in [0.15, 0.2) is 0 Å². The minimum atomic E-state index is -0.990. The van der Waals surface area contributed by atoms with Gasteiger partial charge in [-0.1, -0.05) is 13.8 Å². The predicted octanol–water partition coefficient (Wildman–Crippen LogP) is 1.05. The number of carboxylic acid groups (broad SMARTS) is 1. The molecule has 0 aliphatic carbocycles. The molecular weight excluding hydrogens is 248 g/mol. The van der Waals surface area contributed by atoms with Gasteiger partial charge in [-0.15, -0.1) is 0 Å². The summed E-state index contributed by atoms with van der Waals surface area (Å²) in [6.45, 7) is 3.54. The van der Waals surface area contributed by atoms with Crippen molar-refractivity contribution >= 4 is 23.5 Å². The van der Waals surface area contributed by atoms with Gasteiger partial charge in [-0.2, -0.15) is 15.0 Å². The van der Waals surface area contributed by atoms with Gasteiger partial charge in [0, 0.05) is 0 Å². The van der Waals surface area contributed by atoms with E-state index >= 15 is 0 Å². The Morgan fingerprint density at radius 2 is 2.06 bits per heavy atom. The zero-order valence-corrected chi connectivity index (χ0v) is 10.4. The molecule has 0 saturated heterocycles. The van der Waals surface area contributed by atoms with E-state index in [9.17, 15) is 4.79 Å². The number of methoxy groups -OCH3 is 1. The molecular formula is C9H13ClN4O3. The van der Waals surface area contributed by atoms with Crippen molar-refractivity contribution in [1.29, 1.82) is 0 Å². The second-order valence-corrected chi connectivity index (χ2v) is 3.96. The molecule has 0 bridgehead atoms. The largest absolute Gasteiger partial charge is 0.480 e. The van der Waals surface area contributed by atoms with Gasteiger partial charge in [-0.25, -0.2) is 4.79 Å². The highest BCUT2D eigenvalue weighted by Crippen LogP contribution is 2.14. The number of aliphatic carboxylic acids is 1. The molecule has 1 atom stereocenters. The Bertz CT molecular complexity index is 413. The molecule has 0 spiro atoms. The minimum Gasteiger partial charge on any atom is -0.480 e. The molecule has 94 valence electrons. The van der Waals surface area contributed by atoms with Crippen LogP contribution in [-0.2, 0) is 4.79 Å². The Balaban J connectivity index is 2.93. The number of halogens is 1. The summed E-state index contributed by atoms with van der Waals surface area (Å²) in [5.41, 5.74) is 0. The summed E-state index contributed by atoms with van der Waals surface area (Å²) in [4.78, 5) is 22.3. The molecule has 1 unspecified atom stereocenters. The maximum Gasteiger partial charge on any atom is 0.326 e. The fraction of sp³-hybridized carbons (Fsp3) is 0.556. The third kappa shape index (κ3) is 3.70. The van der Waals surface area contributed by atoms with Gasteiger partial charge >= 0.3 is 12.0 Å². The SMILES string of the molecule is COc1nc(Cl)nc(NC(C(=O)O)C(C)C)n1. The van der Waals surface area contributed by atoms with Crippen LogP contribution in [0.25, 0.3) is 0 Å². The van der Waals surface area contributed by atoms with Gasteiger partial charge in [0.2, 0.25) is 11.2 Å².